The maximum atomic E-state index is 12.4. The predicted molar refractivity (Wildman–Crippen MR) is 81.9 cm³/mol. The fraction of sp³-hybridized carbons (Fsp3) is 0.375. The van der Waals surface area contributed by atoms with Gasteiger partial charge in [-0.1, -0.05) is 6.07 Å². The van der Waals surface area contributed by atoms with Crippen LogP contribution in [0.5, 0.6) is 0 Å². The molecule has 0 radical (unpaired) electrons. The number of carboxylic acids is 3. The smallest absolute Gasteiger partial charge is 0.335 e. The molecule has 0 saturated heterocycles. The highest BCUT2D eigenvalue weighted by Gasteiger charge is 2.74. The first kappa shape index (κ1) is 16.9. The van der Waals surface area contributed by atoms with Crippen LogP contribution in [0, 0.1) is 17.8 Å². The quantitative estimate of drug-likeness (QED) is 0.480. The first-order chi connectivity index (χ1) is 11.7. The third-order valence-corrected chi connectivity index (χ3v) is 5.06. The third kappa shape index (κ3) is 2.62. The molecule has 3 rings (SSSR count). The standard InChI is InChI=1S/C16H16N2O7/c17-16(15(24)25)5-8(9-10(11(9)16)14(22)23)18-12(19)6-2-1-3-7(4-6)13(20)21/h1-4,8-11H,5,17H2,(H,18,19)(H,20,21)(H,22,23)(H,24,25)/t8-,9-,10-,11-,16-/m0/s1. The summed E-state index contributed by atoms with van der Waals surface area (Å²) in [5, 5.41) is 30.1. The van der Waals surface area contributed by atoms with E-state index >= 15 is 0 Å². The Morgan fingerprint density at radius 2 is 1.76 bits per heavy atom. The highest BCUT2D eigenvalue weighted by Crippen LogP contribution is 2.61. The van der Waals surface area contributed by atoms with Crippen LogP contribution in [0.25, 0.3) is 0 Å². The number of carbonyl (C=O) groups is 4. The topological polar surface area (TPSA) is 167 Å². The fourth-order valence-electron chi connectivity index (χ4n) is 3.88. The Kier molecular flexibility index (Phi) is 3.76. The zero-order valence-corrected chi connectivity index (χ0v) is 12.9. The molecule has 2 saturated carbocycles. The number of hydrogen-bond donors (Lipinski definition) is 5. The van der Waals surface area contributed by atoms with Crippen LogP contribution < -0.4 is 11.1 Å². The van der Waals surface area contributed by atoms with Crippen LogP contribution in [0.3, 0.4) is 0 Å². The summed E-state index contributed by atoms with van der Waals surface area (Å²) in [6.07, 6.45) is -0.0776. The summed E-state index contributed by atoms with van der Waals surface area (Å²) in [6, 6.07) is 4.66. The van der Waals surface area contributed by atoms with E-state index in [-0.39, 0.29) is 17.5 Å². The molecule has 2 aliphatic carbocycles. The zero-order chi connectivity index (χ0) is 18.5. The van der Waals surface area contributed by atoms with Crippen LogP contribution in [0.1, 0.15) is 27.1 Å². The van der Waals surface area contributed by atoms with E-state index in [1.165, 1.54) is 24.3 Å². The minimum Gasteiger partial charge on any atom is -0.481 e. The molecule has 1 aromatic carbocycles. The molecule has 0 aromatic heterocycles. The van der Waals surface area contributed by atoms with E-state index in [9.17, 15) is 29.4 Å². The first-order valence-electron chi connectivity index (χ1n) is 7.56. The Labute approximate surface area is 141 Å². The molecular weight excluding hydrogens is 332 g/mol. The lowest BCUT2D eigenvalue weighted by Crippen LogP contribution is -2.52. The maximum Gasteiger partial charge on any atom is 0.335 e. The van der Waals surface area contributed by atoms with Crippen molar-refractivity contribution in [3.63, 3.8) is 0 Å². The van der Waals surface area contributed by atoms with Gasteiger partial charge in [-0.25, -0.2) is 4.79 Å². The van der Waals surface area contributed by atoms with Crippen molar-refractivity contribution in [3.05, 3.63) is 35.4 Å². The SMILES string of the molecule is N[C@@]1(C(=O)O)C[C@H](NC(=O)c2cccc(C(=O)O)c2)[C@H]2[C@H](C(=O)O)[C@H]21. The summed E-state index contributed by atoms with van der Waals surface area (Å²) < 4.78 is 0. The van der Waals surface area contributed by atoms with E-state index in [0.29, 0.717) is 0 Å². The maximum absolute atomic E-state index is 12.4. The van der Waals surface area contributed by atoms with E-state index in [0.717, 1.165) is 0 Å². The van der Waals surface area contributed by atoms with Gasteiger partial charge in [-0.15, -0.1) is 0 Å². The number of carbonyl (C=O) groups excluding carboxylic acids is 1. The molecule has 1 amide bonds. The molecule has 0 unspecified atom stereocenters. The third-order valence-electron chi connectivity index (χ3n) is 5.06. The van der Waals surface area contributed by atoms with E-state index in [4.69, 9.17) is 10.8 Å². The van der Waals surface area contributed by atoms with Gasteiger partial charge in [0.15, 0.2) is 0 Å². The molecule has 0 bridgehead atoms. The van der Waals surface area contributed by atoms with Crippen LogP contribution in [0.15, 0.2) is 24.3 Å². The number of nitrogens with one attached hydrogen (secondary N) is 1. The molecule has 0 spiro atoms. The predicted octanol–water partition coefficient (Wildman–Crippen LogP) is -0.384. The number of fused-ring (bicyclic) bond motifs is 1. The van der Waals surface area contributed by atoms with Gasteiger partial charge < -0.3 is 26.4 Å². The molecule has 132 valence electrons. The van der Waals surface area contributed by atoms with E-state index in [1.54, 1.807) is 0 Å². The summed E-state index contributed by atoms with van der Waals surface area (Å²) in [6.45, 7) is 0. The molecule has 2 aliphatic rings. The number of hydrogen-bond acceptors (Lipinski definition) is 5. The van der Waals surface area contributed by atoms with Gasteiger partial charge in [-0.3, -0.25) is 14.4 Å². The van der Waals surface area contributed by atoms with Gasteiger partial charge in [-0.2, -0.15) is 0 Å². The van der Waals surface area contributed by atoms with Crippen molar-refractivity contribution in [3.8, 4) is 0 Å². The van der Waals surface area contributed by atoms with Crippen LogP contribution in [0.4, 0.5) is 0 Å². The zero-order valence-electron chi connectivity index (χ0n) is 12.9. The second-order valence-corrected chi connectivity index (χ2v) is 6.48. The number of aliphatic carboxylic acids is 2. The lowest BCUT2D eigenvalue weighted by Gasteiger charge is -2.25. The second-order valence-electron chi connectivity index (χ2n) is 6.48. The van der Waals surface area contributed by atoms with E-state index in [1.807, 2.05) is 0 Å². The molecule has 9 nitrogen and oxygen atoms in total. The molecule has 5 atom stereocenters. The molecular formula is C16H16N2O7. The average molecular weight is 348 g/mol. The van der Waals surface area contributed by atoms with Gasteiger partial charge in [0.25, 0.3) is 5.91 Å². The van der Waals surface area contributed by atoms with Gasteiger partial charge >= 0.3 is 17.9 Å². The van der Waals surface area contributed by atoms with E-state index in [2.05, 4.69) is 5.32 Å². The van der Waals surface area contributed by atoms with Crippen molar-refractivity contribution in [2.24, 2.45) is 23.5 Å². The molecule has 0 heterocycles. The summed E-state index contributed by atoms with van der Waals surface area (Å²) in [5.74, 6) is -6.42. The Hall–Kier alpha value is -2.94. The highest BCUT2D eigenvalue weighted by atomic mass is 16.4. The van der Waals surface area contributed by atoms with Crippen molar-refractivity contribution in [2.45, 2.75) is 18.0 Å². The largest absolute Gasteiger partial charge is 0.481 e. The Balaban J connectivity index is 1.80. The average Bonchev–Trinajstić information content (AvgIpc) is 3.24. The molecule has 6 N–H and O–H groups in total. The minimum absolute atomic E-state index is 0.0644. The van der Waals surface area contributed by atoms with Crippen molar-refractivity contribution >= 4 is 23.8 Å². The Bertz CT molecular complexity index is 792. The number of aromatic carboxylic acids is 1. The molecule has 9 heteroatoms. The first-order valence-corrected chi connectivity index (χ1v) is 7.56. The lowest BCUT2D eigenvalue weighted by atomic mass is 9.90. The summed E-state index contributed by atoms with van der Waals surface area (Å²) in [4.78, 5) is 46.1. The molecule has 1 aromatic rings. The van der Waals surface area contributed by atoms with Gasteiger partial charge in [0, 0.05) is 17.5 Å². The lowest BCUT2D eigenvalue weighted by molar-refractivity contribution is -0.145. The molecule has 25 heavy (non-hydrogen) atoms. The summed E-state index contributed by atoms with van der Waals surface area (Å²) >= 11 is 0. The number of nitrogens with two attached hydrogens (primary N) is 1. The highest BCUT2D eigenvalue weighted by molar-refractivity contribution is 5.98. The minimum atomic E-state index is -1.70. The number of amides is 1. The van der Waals surface area contributed by atoms with Crippen LogP contribution in [-0.2, 0) is 9.59 Å². The van der Waals surface area contributed by atoms with Gasteiger partial charge in [0.05, 0.1) is 11.5 Å². The number of rotatable bonds is 5. The van der Waals surface area contributed by atoms with Gasteiger partial charge in [0.1, 0.15) is 5.54 Å². The molecule has 2 fully saturated rings. The van der Waals surface area contributed by atoms with E-state index < -0.39 is 53.1 Å². The van der Waals surface area contributed by atoms with Crippen LogP contribution >= 0.6 is 0 Å². The van der Waals surface area contributed by atoms with Crippen molar-refractivity contribution in [1.82, 2.24) is 5.32 Å². The summed E-state index contributed by atoms with van der Waals surface area (Å²) in [7, 11) is 0. The Morgan fingerprint density at radius 1 is 1.12 bits per heavy atom. The number of carboxylic acid groups (broad SMARTS) is 3. The van der Waals surface area contributed by atoms with Crippen LogP contribution in [0.2, 0.25) is 0 Å². The van der Waals surface area contributed by atoms with Crippen molar-refractivity contribution in [2.75, 3.05) is 0 Å². The summed E-state index contributed by atoms with van der Waals surface area (Å²) in [5.41, 5.74) is 4.22. The Morgan fingerprint density at radius 3 is 2.32 bits per heavy atom. The van der Waals surface area contributed by atoms with Crippen LogP contribution in [-0.4, -0.2) is 50.7 Å². The monoisotopic (exact) mass is 348 g/mol. The second kappa shape index (κ2) is 5.55. The number of benzene rings is 1. The molecule has 0 aliphatic heterocycles. The van der Waals surface area contributed by atoms with Gasteiger partial charge in [-0.05, 0) is 30.5 Å². The fourth-order valence-corrected chi connectivity index (χ4v) is 3.88. The van der Waals surface area contributed by atoms with Crippen molar-refractivity contribution in [1.29, 1.82) is 0 Å². The van der Waals surface area contributed by atoms with Crippen molar-refractivity contribution < 1.29 is 34.5 Å². The normalized spacial score (nSPS) is 32.5. The van der Waals surface area contributed by atoms with Gasteiger partial charge in [0.2, 0.25) is 0 Å².